The number of carbonyl (C=O) groups is 1. The minimum Gasteiger partial charge on any atom is -0.359 e. The first kappa shape index (κ1) is 14.2. The van der Waals surface area contributed by atoms with Gasteiger partial charge < -0.3 is 16.0 Å². The van der Waals surface area contributed by atoms with Gasteiger partial charge in [0.15, 0.2) is 5.11 Å². The van der Waals surface area contributed by atoms with E-state index >= 15 is 0 Å². The van der Waals surface area contributed by atoms with Gasteiger partial charge in [-0.1, -0.05) is 12.1 Å². The van der Waals surface area contributed by atoms with Crippen LogP contribution in [0.1, 0.15) is 17.3 Å². The molecule has 0 aromatic heterocycles. The van der Waals surface area contributed by atoms with Crippen molar-refractivity contribution < 1.29 is 4.79 Å². The summed E-state index contributed by atoms with van der Waals surface area (Å²) in [5.41, 5.74) is 1.38. The first-order valence-corrected chi connectivity index (χ1v) is 6.12. The summed E-state index contributed by atoms with van der Waals surface area (Å²) in [7, 11) is 0. The molecule has 1 aromatic rings. The molecule has 0 aliphatic rings. The average Bonchev–Trinajstić information content (AvgIpc) is 2.37. The van der Waals surface area contributed by atoms with Gasteiger partial charge in [0.25, 0.3) is 5.91 Å². The van der Waals surface area contributed by atoms with E-state index in [4.69, 9.17) is 12.2 Å². The van der Waals surface area contributed by atoms with Crippen molar-refractivity contribution in [3.8, 4) is 0 Å². The fourth-order valence-corrected chi connectivity index (χ4v) is 1.54. The van der Waals surface area contributed by atoms with E-state index in [0.29, 0.717) is 23.8 Å². The van der Waals surface area contributed by atoms with Gasteiger partial charge in [-0.3, -0.25) is 4.79 Å². The van der Waals surface area contributed by atoms with E-state index in [1.807, 2.05) is 19.1 Å². The molecule has 0 fully saturated rings. The van der Waals surface area contributed by atoms with Crippen molar-refractivity contribution in [1.82, 2.24) is 10.6 Å². The zero-order valence-electron chi connectivity index (χ0n) is 10.3. The average molecular weight is 263 g/mol. The van der Waals surface area contributed by atoms with Crippen molar-refractivity contribution in [3.63, 3.8) is 0 Å². The van der Waals surface area contributed by atoms with Crippen molar-refractivity contribution in [2.75, 3.05) is 18.4 Å². The van der Waals surface area contributed by atoms with Crippen LogP contribution in [0.5, 0.6) is 0 Å². The highest BCUT2D eigenvalue weighted by molar-refractivity contribution is 7.80. The van der Waals surface area contributed by atoms with Crippen LogP contribution in [0, 0.1) is 0 Å². The fourth-order valence-electron chi connectivity index (χ4n) is 1.34. The fraction of sp³-hybridized carbons (Fsp3) is 0.231. The van der Waals surface area contributed by atoms with E-state index in [1.165, 1.54) is 0 Å². The molecule has 0 heterocycles. The van der Waals surface area contributed by atoms with Crippen molar-refractivity contribution in [2.45, 2.75) is 6.92 Å². The molecular formula is C13H17N3OS. The van der Waals surface area contributed by atoms with Gasteiger partial charge in [-0.05, 0) is 37.3 Å². The molecule has 5 heteroatoms. The molecule has 0 aliphatic heterocycles. The third-order valence-corrected chi connectivity index (χ3v) is 2.37. The standard InChI is InChI=1S/C13H17N3OS/c1-3-8-15-13(18)16-11-7-5-6-10(9-11)12(17)14-4-2/h3,5-7,9H,1,4,8H2,2H3,(H,14,17)(H2,15,16,18). The lowest BCUT2D eigenvalue weighted by Gasteiger charge is -2.10. The van der Waals surface area contributed by atoms with E-state index in [-0.39, 0.29) is 5.91 Å². The Morgan fingerprint density at radius 3 is 2.89 bits per heavy atom. The Hall–Kier alpha value is -1.88. The number of hydrogen-bond donors (Lipinski definition) is 3. The molecule has 0 bridgehead atoms. The summed E-state index contributed by atoms with van der Waals surface area (Å²) in [5.74, 6) is -0.0916. The molecule has 3 N–H and O–H groups in total. The number of anilines is 1. The number of hydrogen-bond acceptors (Lipinski definition) is 2. The second-order valence-electron chi connectivity index (χ2n) is 3.56. The Bertz CT molecular complexity index is 446. The van der Waals surface area contributed by atoms with Gasteiger partial charge in [-0.25, -0.2) is 0 Å². The van der Waals surface area contributed by atoms with E-state index < -0.39 is 0 Å². The first-order chi connectivity index (χ1) is 8.67. The largest absolute Gasteiger partial charge is 0.359 e. The SMILES string of the molecule is C=CCNC(=S)Nc1cccc(C(=O)NCC)c1. The number of nitrogens with one attached hydrogen (secondary N) is 3. The van der Waals surface area contributed by atoms with Crippen molar-refractivity contribution in [2.24, 2.45) is 0 Å². The quantitative estimate of drug-likeness (QED) is 0.561. The highest BCUT2D eigenvalue weighted by atomic mass is 32.1. The maximum Gasteiger partial charge on any atom is 0.251 e. The molecule has 1 rings (SSSR count). The van der Waals surface area contributed by atoms with Crippen LogP contribution in [0.15, 0.2) is 36.9 Å². The minimum absolute atomic E-state index is 0.0916. The Labute approximate surface area is 112 Å². The summed E-state index contributed by atoms with van der Waals surface area (Å²) in [6, 6.07) is 7.18. The number of amides is 1. The lowest BCUT2D eigenvalue weighted by molar-refractivity contribution is 0.0956. The van der Waals surface area contributed by atoms with Crippen molar-refractivity contribution in [1.29, 1.82) is 0 Å². The molecule has 4 nitrogen and oxygen atoms in total. The highest BCUT2D eigenvalue weighted by Crippen LogP contribution is 2.10. The zero-order valence-corrected chi connectivity index (χ0v) is 11.1. The van der Waals surface area contributed by atoms with Gasteiger partial charge in [0.1, 0.15) is 0 Å². The molecule has 0 unspecified atom stereocenters. The van der Waals surface area contributed by atoms with Gasteiger partial charge in [0.05, 0.1) is 0 Å². The van der Waals surface area contributed by atoms with E-state index in [0.717, 1.165) is 5.69 Å². The topological polar surface area (TPSA) is 53.2 Å². The van der Waals surface area contributed by atoms with Crippen LogP contribution in [0.4, 0.5) is 5.69 Å². The summed E-state index contributed by atoms with van der Waals surface area (Å²) in [5, 5.41) is 9.21. The molecule has 0 atom stereocenters. The molecule has 0 aliphatic carbocycles. The molecular weight excluding hydrogens is 246 g/mol. The van der Waals surface area contributed by atoms with Crippen LogP contribution in [0.2, 0.25) is 0 Å². The van der Waals surface area contributed by atoms with E-state index in [2.05, 4.69) is 22.5 Å². The van der Waals surface area contributed by atoms with Crippen LogP contribution in [-0.2, 0) is 0 Å². The lowest BCUT2D eigenvalue weighted by Crippen LogP contribution is -2.28. The normalized spacial score (nSPS) is 9.39. The molecule has 18 heavy (non-hydrogen) atoms. The second-order valence-corrected chi connectivity index (χ2v) is 3.97. The predicted molar refractivity (Wildman–Crippen MR) is 78.9 cm³/mol. The van der Waals surface area contributed by atoms with Gasteiger partial charge in [0.2, 0.25) is 0 Å². The summed E-state index contributed by atoms with van der Waals surface area (Å²) in [4.78, 5) is 11.7. The smallest absolute Gasteiger partial charge is 0.251 e. The van der Waals surface area contributed by atoms with Crippen molar-refractivity contribution in [3.05, 3.63) is 42.5 Å². The lowest BCUT2D eigenvalue weighted by atomic mass is 10.2. The number of rotatable bonds is 5. The van der Waals surface area contributed by atoms with Crippen molar-refractivity contribution >= 4 is 28.9 Å². The Kier molecular flexibility index (Phi) is 5.87. The molecule has 1 aromatic carbocycles. The zero-order chi connectivity index (χ0) is 13.4. The molecule has 96 valence electrons. The van der Waals surface area contributed by atoms with Crippen LogP contribution in [0.3, 0.4) is 0 Å². The van der Waals surface area contributed by atoms with E-state index in [9.17, 15) is 4.79 Å². The monoisotopic (exact) mass is 263 g/mol. The summed E-state index contributed by atoms with van der Waals surface area (Å²) >= 11 is 5.09. The third kappa shape index (κ3) is 4.55. The molecule has 0 spiro atoms. The summed E-state index contributed by atoms with van der Waals surface area (Å²) in [6.07, 6.45) is 1.72. The summed E-state index contributed by atoms with van der Waals surface area (Å²) < 4.78 is 0. The number of benzene rings is 1. The van der Waals surface area contributed by atoms with Gasteiger partial charge in [-0.2, -0.15) is 0 Å². The predicted octanol–water partition coefficient (Wildman–Crippen LogP) is 1.91. The van der Waals surface area contributed by atoms with Gasteiger partial charge in [-0.15, -0.1) is 6.58 Å². The second kappa shape index (κ2) is 7.45. The van der Waals surface area contributed by atoms with Crippen LogP contribution in [0.25, 0.3) is 0 Å². The number of carbonyl (C=O) groups excluding carboxylic acids is 1. The van der Waals surface area contributed by atoms with E-state index in [1.54, 1.807) is 18.2 Å². The Morgan fingerprint density at radius 2 is 2.22 bits per heavy atom. The summed E-state index contributed by atoms with van der Waals surface area (Å²) in [6.45, 7) is 6.68. The van der Waals surface area contributed by atoms with Crippen LogP contribution >= 0.6 is 12.2 Å². The Morgan fingerprint density at radius 1 is 1.44 bits per heavy atom. The Balaban J connectivity index is 2.67. The maximum absolute atomic E-state index is 11.7. The first-order valence-electron chi connectivity index (χ1n) is 5.71. The van der Waals surface area contributed by atoms with Gasteiger partial charge >= 0.3 is 0 Å². The van der Waals surface area contributed by atoms with Crippen LogP contribution < -0.4 is 16.0 Å². The molecule has 0 saturated heterocycles. The molecule has 0 saturated carbocycles. The number of thiocarbonyl (C=S) groups is 1. The minimum atomic E-state index is -0.0916. The molecule has 0 radical (unpaired) electrons. The van der Waals surface area contributed by atoms with Crippen LogP contribution in [-0.4, -0.2) is 24.1 Å². The third-order valence-electron chi connectivity index (χ3n) is 2.13. The molecule has 1 amide bonds. The highest BCUT2D eigenvalue weighted by Gasteiger charge is 2.05. The maximum atomic E-state index is 11.7. The van der Waals surface area contributed by atoms with Gasteiger partial charge in [0, 0.05) is 24.3 Å².